The van der Waals surface area contributed by atoms with Crippen molar-refractivity contribution in [2.24, 2.45) is 5.92 Å². The predicted molar refractivity (Wildman–Crippen MR) is 161 cm³/mol. The van der Waals surface area contributed by atoms with Gasteiger partial charge in [-0.1, -0.05) is 62.4 Å². The quantitative estimate of drug-likeness (QED) is 0.441. The first-order valence-electron chi connectivity index (χ1n) is 15.2. The van der Waals surface area contributed by atoms with Crippen LogP contribution in [-0.4, -0.2) is 60.1 Å². The fourth-order valence-electron chi connectivity index (χ4n) is 7.60. The lowest BCUT2D eigenvalue weighted by Gasteiger charge is -2.48. The highest BCUT2D eigenvalue weighted by Crippen LogP contribution is 2.54. The lowest BCUT2D eigenvalue weighted by atomic mass is 9.85. The second-order valence-electron chi connectivity index (χ2n) is 14.0. The van der Waals surface area contributed by atoms with E-state index in [1.165, 1.54) is 24.0 Å². The Morgan fingerprint density at radius 3 is 1.95 bits per heavy atom. The van der Waals surface area contributed by atoms with Crippen molar-refractivity contribution >= 4 is 0 Å². The monoisotopic (exact) mass is 516 g/mol. The second kappa shape index (κ2) is 11.0. The predicted octanol–water partition coefficient (Wildman–Crippen LogP) is 6.47. The van der Waals surface area contributed by atoms with Crippen molar-refractivity contribution in [1.29, 1.82) is 0 Å². The SMILES string of the molecule is CC(C)c1ccccc1C1CNCCN1C(C)(C)CC1CC1c1ccccc1C1CNCCN1C(C)(C)C. The number of piperazine rings is 2. The summed E-state index contributed by atoms with van der Waals surface area (Å²) >= 11 is 0. The zero-order chi connectivity index (χ0) is 27.1. The summed E-state index contributed by atoms with van der Waals surface area (Å²) in [4.78, 5) is 5.56. The van der Waals surface area contributed by atoms with Crippen LogP contribution in [0.15, 0.2) is 48.5 Å². The molecule has 0 radical (unpaired) electrons. The van der Waals surface area contributed by atoms with E-state index < -0.39 is 0 Å². The number of nitrogens with zero attached hydrogens (tertiary/aromatic N) is 2. The third kappa shape index (κ3) is 5.75. The lowest BCUT2D eigenvalue weighted by molar-refractivity contribution is 0.0376. The van der Waals surface area contributed by atoms with Gasteiger partial charge in [-0.2, -0.15) is 0 Å². The zero-order valence-electron chi connectivity index (χ0n) is 25.1. The molecule has 2 N–H and O–H groups in total. The van der Waals surface area contributed by atoms with E-state index in [2.05, 4.69) is 117 Å². The third-order valence-electron chi connectivity index (χ3n) is 9.54. The van der Waals surface area contributed by atoms with Gasteiger partial charge in [0.15, 0.2) is 0 Å². The van der Waals surface area contributed by atoms with Gasteiger partial charge in [-0.25, -0.2) is 0 Å². The summed E-state index contributed by atoms with van der Waals surface area (Å²) in [7, 11) is 0. The van der Waals surface area contributed by atoms with Crippen LogP contribution in [0.1, 0.15) is 107 Å². The molecule has 4 atom stereocenters. The van der Waals surface area contributed by atoms with Crippen molar-refractivity contribution in [2.75, 3.05) is 39.3 Å². The number of hydrogen-bond acceptors (Lipinski definition) is 4. The van der Waals surface area contributed by atoms with Crippen molar-refractivity contribution in [2.45, 2.75) is 96.3 Å². The van der Waals surface area contributed by atoms with Gasteiger partial charge in [-0.3, -0.25) is 9.80 Å². The van der Waals surface area contributed by atoms with Gasteiger partial charge >= 0.3 is 0 Å². The molecule has 0 bridgehead atoms. The molecule has 5 rings (SSSR count). The largest absolute Gasteiger partial charge is 0.314 e. The molecule has 1 aliphatic carbocycles. The summed E-state index contributed by atoms with van der Waals surface area (Å²) in [5.74, 6) is 2.00. The maximum absolute atomic E-state index is 3.71. The number of benzene rings is 2. The molecule has 3 fully saturated rings. The summed E-state index contributed by atoms with van der Waals surface area (Å²) in [6, 6.07) is 19.4. The Bertz CT molecular complexity index is 1080. The molecular weight excluding hydrogens is 464 g/mol. The van der Waals surface area contributed by atoms with Gasteiger partial charge in [-0.05, 0) is 87.5 Å². The van der Waals surface area contributed by atoms with Gasteiger partial charge in [0.25, 0.3) is 0 Å². The Hall–Kier alpha value is -1.72. The lowest BCUT2D eigenvalue weighted by Crippen LogP contribution is -2.55. The van der Waals surface area contributed by atoms with Gasteiger partial charge in [0.2, 0.25) is 0 Å². The molecule has 0 amide bonds. The van der Waals surface area contributed by atoms with Crippen LogP contribution in [0.3, 0.4) is 0 Å². The van der Waals surface area contributed by atoms with Crippen LogP contribution in [0.5, 0.6) is 0 Å². The summed E-state index contributed by atoms with van der Waals surface area (Å²) in [5, 5.41) is 7.41. The summed E-state index contributed by atoms with van der Waals surface area (Å²) in [5.41, 5.74) is 6.53. The van der Waals surface area contributed by atoms with Crippen molar-refractivity contribution in [3.05, 3.63) is 70.8 Å². The van der Waals surface area contributed by atoms with Crippen LogP contribution in [0.25, 0.3) is 0 Å². The van der Waals surface area contributed by atoms with Crippen molar-refractivity contribution in [3.8, 4) is 0 Å². The Morgan fingerprint density at radius 1 is 0.763 bits per heavy atom. The molecule has 2 aromatic carbocycles. The highest BCUT2D eigenvalue weighted by Gasteiger charge is 2.46. The molecular formula is C34H52N4. The second-order valence-corrected chi connectivity index (χ2v) is 14.0. The van der Waals surface area contributed by atoms with Crippen LogP contribution in [0, 0.1) is 5.92 Å². The maximum atomic E-state index is 3.71. The van der Waals surface area contributed by atoms with E-state index in [0.29, 0.717) is 23.9 Å². The van der Waals surface area contributed by atoms with Crippen molar-refractivity contribution in [1.82, 2.24) is 20.4 Å². The minimum atomic E-state index is 0.162. The highest BCUT2D eigenvalue weighted by molar-refractivity contribution is 5.38. The third-order valence-corrected chi connectivity index (χ3v) is 9.54. The van der Waals surface area contributed by atoms with Gasteiger partial charge < -0.3 is 10.6 Å². The summed E-state index contributed by atoms with van der Waals surface area (Å²) in [6.07, 6.45) is 2.59. The minimum absolute atomic E-state index is 0.162. The molecule has 4 unspecified atom stereocenters. The van der Waals surface area contributed by atoms with Gasteiger partial charge in [0.1, 0.15) is 0 Å². The molecule has 4 nitrogen and oxygen atoms in total. The summed E-state index contributed by atoms with van der Waals surface area (Å²) in [6.45, 7) is 23.3. The van der Waals surface area contributed by atoms with Gasteiger partial charge in [0.05, 0.1) is 0 Å². The molecule has 208 valence electrons. The Labute approximate surface area is 232 Å². The van der Waals surface area contributed by atoms with Crippen molar-refractivity contribution < 1.29 is 0 Å². The molecule has 4 heteroatoms. The van der Waals surface area contributed by atoms with Crippen LogP contribution < -0.4 is 10.6 Å². The van der Waals surface area contributed by atoms with Crippen LogP contribution in [0.4, 0.5) is 0 Å². The number of rotatable bonds is 7. The zero-order valence-corrected chi connectivity index (χ0v) is 25.1. The average molecular weight is 517 g/mol. The topological polar surface area (TPSA) is 30.5 Å². The first-order valence-corrected chi connectivity index (χ1v) is 15.2. The minimum Gasteiger partial charge on any atom is -0.314 e. The Morgan fingerprint density at radius 2 is 1.32 bits per heavy atom. The van der Waals surface area contributed by atoms with Gasteiger partial charge in [-0.15, -0.1) is 0 Å². The van der Waals surface area contributed by atoms with Crippen LogP contribution in [-0.2, 0) is 0 Å². The standard InChI is InChI=1S/C34H52N4/c1-24(2)26-12-8-10-14-28(26)32-23-36-17-19-38(32)34(6,7)21-25-20-30(25)27-13-9-11-15-29(27)31-22-35-16-18-37(31)33(3,4)5/h8-15,24-25,30-32,35-36H,16-23H2,1-7H3. The van der Waals surface area contributed by atoms with E-state index in [1.807, 2.05) is 0 Å². The first kappa shape index (κ1) is 27.8. The maximum Gasteiger partial charge on any atom is 0.0481 e. The molecule has 2 aliphatic heterocycles. The molecule has 3 aliphatic rings. The van der Waals surface area contributed by atoms with Crippen LogP contribution >= 0.6 is 0 Å². The average Bonchev–Trinajstić information content (AvgIpc) is 3.66. The van der Waals surface area contributed by atoms with E-state index in [1.54, 1.807) is 11.1 Å². The Balaban J connectivity index is 1.35. The normalized spacial score (nSPS) is 27.6. The van der Waals surface area contributed by atoms with E-state index in [0.717, 1.165) is 45.2 Å². The number of hydrogen-bond donors (Lipinski definition) is 2. The summed E-state index contributed by atoms with van der Waals surface area (Å²) < 4.78 is 0. The Kier molecular flexibility index (Phi) is 8.09. The smallest absolute Gasteiger partial charge is 0.0481 e. The van der Waals surface area contributed by atoms with Gasteiger partial charge in [0, 0.05) is 62.4 Å². The fourth-order valence-corrected chi connectivity index (χ4v) is 7.60. The van der Waals surface area contributed by atoms with Crippen molar-refractivity contribution in [3.63, 3.8) is 0 Å². The first-order chi connectivity index (χ1) is 18.1. The molecule has 0 aromatic heterocycles. The molecule has 0 spiro atoms. The molecule has 2 saturated heterocycles. The molecule has 2 heterocycles. The molecule has 38 heavy (non-hydrogen) atoms. The highest BCUT2D eigenvalue weighted by atomic mass is 15.3. The molecule has 2 aromatic rings. The van der Waals surface area contributed by atoms with E-state index in [9.17, 15) is 0 Å². The molecule has 1 saturated carbocycles. The van der Waals surface area contributed by atoms with E-state index >= 15 is 0 Å². The van der Waals surface area contributed by atoms with E-state index in [4.69, 9.17) is 0 Å². The number of nitrogens with one attached hydrogen (secondary N) is 2. The van der Waals surface area contributed by atoms with Crippen LogP contribution in [0.2, 0.25) is 0 Å². The van der Waals surface area contributed by atoms with E-state index in [-0.39, 0.29) is 11.1 Å². The fraction of sp³-hybridized carbons (Fsp3) is 0.647.